The van der Waals surface area contributed by atoms with Crippen LogP contribution >= 0.6 is 0 Å². The van der Waals surface area contributed by atoms with Crippen LogP contribution in [0.15, 0.2) is 0 Å². The van der Waals surface area contributed by atoms with Crippen molar-refractivity contribution in [2.75, 3.05) is 0 Å². The van der Waals surface area contributed by atoms with Crippen molar-refractivity contribution in [2.24, 2.45) is 0 Å². The van der Waals surface area contributed by atoms with E-state index in [1.807, 2.05) is 0 Å². The van der Waals surface area contributed by atoms with Gasteiger partial charge in [-0.15, -0.1) is 0 Å². The molecule has 0 aliphatic carbocycles. The largest absolute Gasteiger partial charge is 1.00 e. The third kappa shape index (κ3) is 22.0. The van der Waals surface area contributed by atoms with E-state index in [0.29, 0.717) is 0 Å². The summed E-state index contributed by atoms with van der Waals surface area (Å²) in [6.45, 7) is 2.29. The molecular formula is C12H25ClNa2. The van der Waals surface area contributed by atoms with Gasteiger partial charge in [0.1, 0.15) is 0 Å². The Morgan fingerprint density at radius 2 is 1.00 bits per heavy atom. The number of rotatable bonds is 10. The molecule has 0 fully saturated rings. The minimum atomic E-state index is 0. The predicted molar refractivity (Wildman–Crippen MR) is 62.4 cm³/mol. The van der Waals surface area contributed by atoms with E-state index in [4.69, 9.17) is 0 Å². The molecule has 0 saturated carbocycles. The van der Waals surface area contributed by atoms with Crippen LogP contribution in [0.5, 0.6) is 0 Å². The first-order chi connectivity index (χ1) is 6.41. The summed E-state index contributed by atoms with van der Waals surface area (Å²) in [5.41, 5.74) is 0. The topological polar surface area (TPSA) is 0 Å². The first-order valence-electron chi connectivity index (χ1n) is 6.41. The Labute approximate surface area is 143 Å². The van der Waals surface area contributed by atoms with Crippen molar-refractivity contribution in [1.82, 2.24) is 0 Å². The standard InChI is InChI=1S/C12H25.ClH.2Na/c1-3-5-7-9-11-12-10-8-6-4-2;;;/h1,3-12H2,2H3;1H;;/q;;;+1/p-1. The van der Waals surface area contributed by atoms with Crippen molar-refractivity contribution in [2.45, 2.75) is 74.8 Å². The van der Waals surface area contributed by atoms with Gasteiger partial charge in [-0.05, 0) is 0 Å². The van der Waals surface area contributed by atoms with Crippen LogP contribution in [-0.4, -0.2) is 27.9 Å². The number of unbranched alkanes of at least 4 members (excludes halogenated alkanes) is 9. The van der Waals surface area contributed by atoms with Crippen LogP contribution in [0.1, 0.15) is 71.1 Å². The molecule has 0 aromatic heterocycles. The van der Waals surface area contributed by atoms with Crippen LogP contribution in [0.3, 0.4) is 0 Å². The van der Waals surface area contributed by atoms with Gasteiger partial charge < -0.3 is 12.4 Å². The number of halogens is 1. The zero-order valence-electron chi connectivity index (χ0n) is 11.2. The second-order valence-corrected chi connectivity index (χ2v) is 5.18. The summed E-state index contributed by atoms with van der Waals surface area (Å²) in [5.74, 6) is 0. The molecule has 0 saturated heterocycles. The van der Waals surface area contributed by atoms with E-state index in [9.17, 15) is 0 Å². The Bertz CT molecular complexity index is 79.7. The Morgan fingerprint density at radius 3 is 1.33 bits per heavy atom. The molecule has 0 bridgehead atoms. The van der Waals surface area contributed by atoms with Crippen molar-refractivity contribution in [1.29, 1.82) is 0 Å². The van der Waals surface area contributed by atoms with Gasteiger partial charge in [0.25, 0.3) is 0 Å². The molecule has 0 amide bonds. The fraction of sp³-hybridized carbons (Fsp3) is 1.00. The van der Waals surface area contributed by atoms with Gasteiger partial charge in [-0.25, -0.2) is 0 Å². The second kappa shape index (κ2) is 21.6. The molecule has 0 heterocycles. The van der Waals surface area contributed by atoms with E-state index in [0.717, 1.165) is 0 Å². The quantitative estimate of drug-likeness (QED) is 0.327. The summed E-state index contributed by atoms with van der Waals surface area (Å²) < 4.78 is 1.51. The van der Waals surface area contributed by atoms with Gasteiger partial charge >= 0.3 is 132 Å². The maximum atomic E-state index is 2.29. The fourth-order valence-electron chi connectivity index (χ4n) is 1.74. The molecule has 0 nitrogen and oxygen atoms in total. The van der Waals surface area contributed by atoms with Crippen LogP contribution < -0.4 is 42.0 Å². The predicted octanol–water partition coefficient (Wildman–Crippen LogP) is -1.50. The Kier molecular flexibility index (Phi) is 32.3. The molecule has 0 aliphatic heterocycles. The van der Waals surface area contributed by atoms with E-state index >= 15 is 0 Å². The minimum absolute atomic E-state index is 0. The summed E-state index contributed by atoms with van der Waals surface area (Å²) >= 11 is 1.41. The molecule has 0 unspecified atom stereocenters. The number of hydrogen-bond acceptors (Lipinski definition) is 0. The van der Waals surface area contributed by atoms with Crippen molar-refractivity contribution < 1.29 is 42.0 Å². The van der Waals surface area contributed by atoms with E-state index < -0.39 is 0 Å². The molecule has 0 N–H and O–H groups in total. The molecule has 0 aromatic rings. The number of hydrogen-bond donors (Lipinski definition) is 0. The molecule has 0 aliphatic rings. The van der Waals surface area contributed by atoms with E-state index in [2.05, 4.69) is 6.92 Å². The first kappa shape index (κ1) is 22.5. The minimum Gasteiger partial charge on any atom is -1.00 e. The molecule has 0 rings (SSSR count). The van der Waals surface area contributed by atoms with Crippen molar-refractivity contribution in [3.05, 3.63) is 0 Å². The molecule has 0 spiro atoms. The molecule has 82 valence electrons. The fourth-order valence-corrected chi connectivity index (χ4v) is 2.24. The van der Waals surface area contributed by atoms with E-state index in [1.165, 1.54) is 95.8 Å². The monoisotopic (exact) mass is 250 g/mol. The van der Waals surface area contributed by atoms with Crippen LogP contribution in [0, 0.1) is 0 Å². The Morgan fingerprint density at radius 1 is 0.667 bits per heavy atom. The molecule has 0 aromatic carbocycles. The third-order valence-corrected chi connectivity index (χ3v) is 3.41. The summed E-state index contributed by atoms with van der Waals surface area (Å²) in [5, 5.41) is 0. The van der Waals surface area contributed by atoms with Gasteiger partial charge in [0.2, 0.25) is 0 Å². The first-order valence-corrected chi connectivity index (χ1v) is 7.83. The van der Waals surface area contributed by atoms with Gasteiger partial charge in [0.15, 0.2) is 0 Å². The van der Waals surface area contributed by atoms with Crippen LogP contribution in [0.2, 0.25) is 3.67 Å². The summed E-state index contributed by atoms with van der Waals surface area (Å²) in [7, 11) is 0. The van der Waals surface area contributed by atoms with Gasteiger partial charge in [0, 0.05) is 0 Å². The summed E-state index contributed by atoms with van der Waals surface area (Å²) in [6, 6.07) is 0. The van der Waals surface area contributed by atoms with Crippen LogP contribution in [-0.2, 0) is 0 Å². The van der Waals surface area contributed by atoms with Crippen LogP contribution in [0.4, 0.5) is 0 Å². The Balaban J connectivity index is -0.000000720. The van der Waals surface area contributed by atoms with Gasteiger partial charge in [0.05, 0.1) is 0 Å². The normalized spacial score (nSPS) is 9.27. The van der Waals surface area contributed by atoms with Gasteiger partial charge in [-0.2, -0.15) is 0 Å². The van der Waals surface area contributed by atoms with Crippen LogP contribution in [0.25, 0.3) is 0 Å². The summed E-state index contributed by atoms with van der Waals surface area (Å²) in [6.07, 6.45) is 14.7. The SMILES string of the molecule is CCCCCCCCCCC[CH2][Na].[Cl-].[Na+]. The zero-order chi connectivity index (χ0) is 9.78. The molecule has 0 radical (unpaired) electrons. The summed E-state index contributed by atoms with van der Waals surface area (Å²) in [4.78, 5) is 0. The average molecular weight is 251 g/mol. The molecule has 3 heteroatoms. The maximum absolute atomic E-state index is 2.29. The maximum Gasteiger partial charge on any atom is 1.00 e. The van der Waals surface area contributed by atoms with Gasteiger partial charge in [-0.1, -0.05) is 0 Å². The second-order valence-electron chi connectivity index (χ2n) is 4.18. The zero-order valence-corrected chi connectivity index (χ0v) is 15.9. The van der Waals surface area contributed by atoms with E-state index in [1.54, 1.807) is 0 Å². The third-order valence-electron chi connectivity index (χ3n) is 2.71. The molecule has 15 heavy (non-hydrogen) atoms. The van der Waals surface area contributed by atoms with Crippen molar-refractivity contribution in [3.63, 3.8) is 0 Å². The molecular weight excluding hydrogens is 226 g/mol. The van der Waals surface area contributed by atoms with Gasteiger partial charge in [-0.3, -0.25) is 0 Å². The molecule has 0 atom stereocenters. The van der Waals surface area contributed by atoms with Crippen molar-refractivity contribution in [3.8, 4) is 0 Å². The Hall–Kier alpha value is 2.29. The average Bonchev–Trinajstić information content (AvgIpc) is 2.16. The van der Waals surface area contributed by atoms with E-state index in [-0.39, 0.29) is 42.0 Å². The smallest absolute Gasteiger partial charge is 1.00 e. The van der Waals surface area contributed by atoms with Crippen molar-refractivity contribution >= 4 is 27.9 Å².